The topological polar surface area (TPSA) is 72.2 Å². The van der Waals surface area contributed by atoms with Crippen LogP contribution in [0, 0.1) is 0 Å². The minimum Gasteiger partial charge on any atom is -0.351 e. The summed E-state index contributed by atoms with van der Waals surface area (Å²) in [6.45, 7) is 0. The lowest BCUT2D eigenvalue weighted by Crippen LogP contribution is -2.30. The summed E-state index contributed by atoms with van der Waals surface area (Å²) in [5, 5.41) is 3.39. The molecule has 0 bridgehead atoms. The van der Waals surface area contributed by atoms with Gasteiger partial charge in [-0.15, -0.1) is 11.3 Å². The maximum absolute atomic E-state index is 12.8. The van der Waals surface area contributed by atoms with Gasteiger partial charge in [-0.1, -0.05) is 29.4 Å². The molecule has 0 unspecified atom stereocenters. The molecule has 0 amide bonds. The molecule has 2 heterocycles. The summed E-state index contributed by atoms with van der Waals surface area (Å²) in [5.41, 5.74) is 2.03. The number of hydrogen-bond donors (Lipinski definition) is 1. The lowest BCUT2D eigenvalue weighted by Gasteiger charge is -2.25. The highest BCUT2D eigenvalue weighted by Crippen LogP contribution is 2.36. The molecule has 0 spiro atoms. The number of hydrogen-bond acceptors (Lipinski definition) is 5. The zero-order chi connectivity index (χ0) is 19.9. The Kier molecular flexibility index (Phi) is 4.80. The summed E-state index contributed by atoms with van der Waals surface area (Å²) < 4.78 is 70.6. The first-order valence-corrected chi connectivity index (χ1v) is 10.8. The predicted octanol–water partition coefficient (Wildman–Crippen LogP) is 4.78. The number of thiophene rings is 1. The van der Waals surface area contributed by atoms with E-state index < -0.39 is 22.0 Å². The van der Waals surface area contributed by atoms with Gasteiger partial charge < -0.3 is 4.52 Å². The van der Waals surface area contributed by atoms with E-state index in [4.69, 9.17) is 0 Å². The third kappa shape index (κ3) is 3.71. The first-order valence-electron chi connectivity index (χ1n) is 8.48. The molecule has 3 aromatic rings. The van der Waals surface area contributed by atoms with Gasteiger partial charge in [-0.05, 0) is 42.5 Å². The van der Waals surface area contributed by atoms with Gasteiger partial charge in [0.15, 0.2) is 0 Å². The Hall–Kier alpha value is -2.17. The van der Waals surface area contributed by atoms with Crippen LogP contribution in [0.1, 0.15) is 35.8 Å². The zero-order valence-corrected chi connectivity index (χ0v) is 16.0. The fourth-order valence-electron chi connectivity index (χ4n) is 3.25. The van der Waals surface area contributed by atoms with E-state index in [1.807, 2.05) is 24.3 Å². The Morgan fingerprint density at radius 2 is 1.96 bits per heavy atom. The van der Waals surface area contributed by atoms with Crippen LogP contribution in [0.2, 0.25) is 0 Å². The van der Waals surface area contributed by atoms with Gasteiger partial charge in [-0.2, -0.15) is 13.2 Å². The van der Waals surface area contributed by atoms with E-state index in [1.54, 1.807) is 0 Å². The Morgan fingerprint density at radius 3 is 2.71 bits per heavy atom. The Labute approximate surface area is 163 Å². The van der Waals surface area contributed by atoms with Crippen molar-refractivity contribution in [1.29, 1.82) is 0 Å². The van der Waals surface area contributed by atoms with Crippen molar-refractivity contribution in [3.8, 4) is 10.6 Å². The Morgan fingerprint density at radius 1 is 1.18 bits per heavy atom. The third-order valence-electron chi connectivity index (χ3n) is 4.56. The van der Waals surface area contributed by atoms with Gasteiger partial charge in [0.2, 0.25) is 5.76 Å². The van der Waals surface area contributed by atoms with Crippen molar-refractivity contribution in [2.24, 2.45) is 0 Å². The molecule has 28 heavy (non-hydrogen) atoms. The number of nitrogens with zero attached hydrogens (tertiary/aromatic N) is 1. The Bertz CT molecular complexity index is 1100. The number of fused-ring (bicyclic) bond motifs is 1. The predicted molar refractivity (Wildman–Crippen MR) is 97.3 cm³/mol. The number of benzene rings is 1. The maximum Gasteiger partial charge on any atom is 0.452 e. The average molecular weight is 428 g/mol. The smallest absolute Gasteiger partial charge is 0.351 e. The third-order valence-corrected chi connectivity index (χ3v) is 7.63. The number of alkyl halides is 3. The molecule has 148 valence electrons. The normalized spacial score (nSPS) is 17.5. The van der Waals surface area contributed by atoms with Crippen molar-refractivity contribution in [3.63, 3.8) is 0 Å². The Balaban J connectivity index is 1.58. The first kappa shape index (κ1) is 19.2. The molecule has 1 N–H and O–H groups in total. The summed E-state index contributed by atoms with van der Waals surface area (Å²) in [6, 6.07) is 10.9. The van der Waals surface area contributed by atoms with E-state index in [0.717, 1.165) is 41.4 Å². The SMILES string of the molecule is O=S(=O)(N[C@@H]1CCCc2ccccc21)c1ccc(-c2cc(C(F)(F)F)on2)s1. The molecule has 2 aromatic heterocycles. The average Bonchev–Trinajstić information content (AvgIpc) is 3.31. The van der Waals surface area contributed by atoms with Gasteiger partial charge in [0.1, 0.15) is 9.90 Å². The highest BCUT2D eigenvalue weighted by molar-refractivity contribution is 7.91. The lowest BCUT2D eigenvalue weighted by molar-refractivity contribution is -0.155. The summed E-state index contributed by atoms with van der Waals surface area (Å²) in [7, 11) is -3.82. The van der Waals surface area contributed by atoms with E-state index in [1.165, 1.54) is 12.1 Å². The highest BCUT2D eigenvalue weighted by atomic mass is 32.2. The van der Waals surface area contributed by atoms with Crippen LogP contribution in [0.25, 0.3) is 10.6 Å². The number of nitrogens with one attached hydrogen (secondary N) is 1. The monoisotopic (exact) mass is 428 g/mol. The molecule has 0 radical (unpaired) electrons. The van der Waals surface area contributed by atoms with Gasteiger partial charge >= 0.3 is 6.18 Å². The summed E-state index contributed by atoms with van der Waals surface area (Å²) in [6.07, 6.45) is -2.18. The fourth-order valence-corrected chi connectivity index (χ4v) is 5.77. The van der Waals surface area contributed by atoms with Crippen LogP contribution in [0.3, 0.4) is 0 Å². The van der Waals surface area contributed by atoms with Crippen molar-refractivity contribution < 1.29 is 26.1 Å². The van der Waals surface area contributed by atoms with Gasteiger partial charge in [0.05, 0.1) is 4.88 Å². The van der Waals surface area contributed by atoms with Crippen molar-refractivity contribution in [1.82, 2.24) is 9.88 Å². The van der Waals surface area contributed by atoms with Gasteiger partial charge in [-0.3, -0.25) is 0 Å². The van der Waals surface area contributed by atoms with Crippen LogP contribution in [0.4, 0.5) is 13.2 Å². The number of aryl methyl sites for hydroxylation is 1. The van der Waals surface area contributed by atoms with E-state index in [2.05, 4.69) is 14.4 Å². The number of halogens is 3. The van der Waals surface area contributed by atoms with Crippen molar-refractivity contribution >= 4 is 21.4 Å². The largest absolute Gasteiger partial charge is 0.452 e. The lowest BCUT2D eigenvalue weighted by atomic mass is 9.88. The molecular formula is C18H15F3N2O3S2. The van der Waals surface area contributed by atoms with Crippen LogP contribution in [-0.4, -0.2) is 13.6 Å². The molecule has 0 saturated heterocycles. The second-order valence-electron chi connectivity index (χ2n) is 6.46. The molecular weight excluding hydrogens is 413 g/mol. The van der Waals surface area contributed by atoms with Gasteiger partial charge in [0.25, 0.3) is 10.0 Å². The zero-order valence-electron chi connectivity index (χ0n) is 14.4. The van der Waals surface area contributed by atoms with Crippen molar-refractivity contribution in [2.45, 2.75) is 35.7 Å². The fraction of sp³-hybridized carbons (Fsp3) is 0.278. The quantitative estimate of drug-likeness (QED) is 0.649. The molecule has 1 aromatic carbocycles. The standard InChI is InChI=1S/C18H15F3N2O3S2/c19-18(20,21)16-10-14(22-26-16)15-8-9-17(27-15)28(24,25)23-13-7-3-5-11-4-1-2-6-12(11)13/h1-2,4,6,8-10,13,23H,3,5,7H2/t13-/m1/s1. The number of rotatable bonds is 4. The van der Waals surface area contributed by atoms with Crippen LogP contribution < -0.4 is 4.72 Å². The molecule has 1 aliphatic rings. The number of aromatic nitrogens is 1. The molecule has 10 heteroatoms. The molecule has 0 aliphatic heterocycles. The highest BCUT2D eigenvalue weighted by Gasteiger charge is 2.36. The van der Waals surface area contributed by atoms with Crippen molar-refractivity contribution in [2.75, 3.05) is 0 Å². The number of sulfonamides is 1. The minimum atomic E-state index is -4.65. The molecule has 1 atom stereocenters. The van der Waals surface area contributed by atoms with Crippen molar-refractivity contribution in [3.05, 3.63) is 59.4 Å². The van der Waals surface area contributed by atoms with Crippen LogP contribution in [-0.2, 0) is 22.6 Å². The molecule has 1 aliphatic carbocycles. The van der Waals surface area contributed by atoms with E-state index in [-0.39, 0.29) is 20.8 Å². The van der Waals surface area contributed by atoms with Crippen LogP contribution >= 0.6 is 11.3 Å². The van der Waals surface area contributed by atoms with Gasteiger partial charge in [-0.25, -0.2) is 13.1 Å². The summed E-state index contributed by atoms with van der Waals surface area (Å²) >= 11 is 0.846. The molecule has 0 saturated carbocycles. The molecule has 0 fully saturated rings. The van der Waals surface area contributed by atoms with Crippen LogP contribution in [0.5, 0.6) is 0 Å². The summed E-state index contributed by atoms with van der Waals surface area (Å²) in [5.74, 6) is -1.22. The van der Waals surface area contributed by atoms with E-state index in [9.17, 15) is 21.6 Å². The summed E-state index contributed by atoms with van der Waals surface area (Å²) in [4.78, 5) is 0.281. The second kappa shape index (κ2) is 7.02. The molecule has 5 nitrogen and oxygen atoms in total. The van der Waals surface area contributed by atoms with E-state index >= 15 is 0 Å². The minimum absolute atomic E-state index is 0.0158. The first-order chi connectivity index (χ1) is 13.2. The van der Waals surface area contributed by atoms with E-state index in [0.29, 0.717) is 6.42 Å². The maximum atomic E-state index is 12.8. The van der Waals surface area contributed by atoms with Gasteiger partial charge in [0, 0.05) is 12.1 Å². The van der Waals surface area contributed by atoms with Crippen LogP contribution in [0.15, 0.2) is 51.2 Å². The second-order valence-corrected chi connectivity index (χ2v) is 9.48. The molecule has 4 rings (SSSR count).